The van der Waals surface area contributed by atoms with Crippen LogP contribution >= 0.6 is 11.3 Å². The first-order chi connectivity index (χ1) is 25.3. The molecule has 8 aromatic carbocycles. The van der Waals surface area contributed by atoms with Crippen molar-refractivity contribution in [2.75, 3.05) is 0 Å². The van der Waals surface area contributed by atoms with Crippen molar-refractivity contribution in [2.24, 2.45) is 0 Å². The lowest BCUT2D eigenvalue weighted by Crippen LogP contribution is -2.74. The monoisotopic (exact) mass is 683 g/mol. The number of nitrogens with zero attached hydrogens (tertiary/aromatic N) is 1. The van der Waals surface area contributed by atoms with Crippen LogP contribution in [0.15, 0.2) is 200 Å². The minimum atomic E-state index is -2.85. The van der Waals surface area contributed by atoms with Crippen molar-refractivity contribution < 1.29 is 0 Å². The van der Waals surface area contributed by atoms with Crippen LogP contribution in [0.25, 0.3) is 58.8 Å². The van der Waals surface area contributed by atoms with Crippen LogP contribution in [-0.2, 0) is 0 Å². The summed E-state index contributed by atoms with van der Waals surface area (Å²) in [5.41, 5.74) is 6.12. The molecule has 10 aromatic rings. The van der Waals surface area contributed by atoms with Crippen molar-refractivity contribution in [3.63, 3.8) is 0 Å². The molecule has 0 amide bonds. The summed E-state index contributed by atoms with van der Waals surface area (Å²) < 4.78 is 5.11. The first kappa shape index (κ1) is 29.9. The van der Waals surface area contributed by atoms with E-state index in [4.69, 9.17) is 0 Å². The van der Waals surface area contributed by atoms with Crippen molar-refractivity contribution in [1.82, 2.24) is 4.57 Å². The summed E-state index contributed by atoms with van der Waals surface area (Å²) in [6.07, 6.45) is 0. The lowest BCUT2D eigenvalue weighted by Gasteiger charge is -2.35. The summed E-state index contributed by atoms with van der Waals surface area (Å²) in [6.45, 7) is 0. The van der Waals surface area contributed by atoms with Crippen LogP contribution in [0, 0.1) is 0 Å². The Morgan fingerprint density at radius 1 is 0.333 bits per heavy atom. The van der Waals surface area contributed by atoms with Gasteiger partial charge >= 0.3 is 0 Å². The van der Waals surface area contributed by atoms with E-state index in [1.54, 1.807) is 0 Å². The van der Waals surface area contributed by atoms with Gasteiger partial charge in [0, 0.05) is 36.6 Å². The summed E-state index contributed by atoms with van der Waals surface area (Å²) in [5, 5.41) is 10.7. The van der Waals surface area contributed by atoms with Crippen molar-refractivity contribution >= 4 is 82.1 Å². The van der Waals surface area contributed by atoms with Gasteiger partial charge in [-0.25, -0.2) is 0 Å². The van der Waals surface area contributed by atoms with Crippen molar-refractivity contribution in [3.05, 3.63) is 200 Å². The average Bonchev–Trinajstić information content (AvgIpc) is 3.75. The number of thiophene rings is 1. The molecule has 1 nitrogen and oxygen atoms in total. The quantitative estimate of drug-likeness (QED) is 0.121. The highest BCUT2D eigenvalue weighted by Crippen LogP contribution is 2.36. The second kappa shape index (κ2) is 12.1. The molecule has 240 valence electrons. The molecule has 0 bridgehead atoms. The van der Waals surface area contributed by atoms with Crippen LogP contribution in [0.5, 0.6) is 0 Å². The van der Waals surface area contributed by atoms with Gasteiger partial charge in [0.15, 0.2) is 8.07 Å². The number of fused-ring (bicyclic) bond motifs is 6. The Balaban J connectivity index is 1.26. The third-order valence-corrected chi connectivity index (χ3v) is 16.4. The molecule has 0 unspecified atom stereocenters. The maximum atomic E-state index is 2.50. The lowest BCUT2D eigenvalue weighted by molar-refractivity contribution is 1.18. The molecule has 0 saturated heterocycles. The zero-order chi connectivity index (χ0) is 33.8. The Bertz CT molecular complexity index is 2810. The van der Waals surface area contributed by atoms with E-state index in [0.717, 1.165) is 0 Å². The topological polar surface area (TPSA) is 4.93 Å². The molecule has 0 saturated carbocycles. The van der Waals surface area contributed by atoms with Crippen LogP contribution < -0.4 is 20.7 Å². The third kappa shape index (κ3) is 4.74. The van der Waals surface area contributed by atoms with Crippen molar-refractivity contribution in [3.8, 4) is 16.8 Å². The van der Waals surface area contributed by atoms with E-state index in [1.165, 1.54) is 79.5 Å². The molecule has 0 N–H and O–H groups in total. The number of rotatable bonds is 6. The molecule has 51 heavy (non-hydrogen) atoms. The molecule has 2 aromatic heterocycles. The van der Waals surface area contributed by atoms with Gasteiger partial charge in [0.25, 0.3) is 0 Å². The average molecular weight is 684 g/mol. The first-order valence-electron chi connectivity index (χ1n) is 17.5. The molecule has 0 atom stereocenters. The Morgan fingerprint density at radius 2 is 0.882 bits per heavy atom. The van der Waals surface area contributed by atoms with Gasteiger partial charge in [-0.1, -0.05) is 164 Å². The van der Waals surface area contributed by atoms with Gasteiger partial charge in [-0.15, -0.1) is 11.3 Å². The highest BCUT2D eigenvalue weighted by molar-refractivity contribution is 7.25. The zero-order valence-corrected chi connectivity index (χ0v) is 29.7. The molecule has 0 aliphatic rings. The second-order valence-electron chi connectivity index (χ2n) is 13.3. The largest absolute Gasteiger partial charge is 0.309 e. The van der Waals surface area contributed by atoms with Crippen molar-refractivity contribution in [1.29, 1.82) is 0 Å². The molecule has 2 heterocycles. The smallest absolute Gasteiger partial charge is 0.179 e. The van der Waals surface area contributed by atoms with Gasteiger partial charge in [-0.2, -0.15) is 0 Å². The van der Waals surface area contributed by atoms with E-state index in [-0.39, 0.29) is 0 Å². The molecule has 0 aliphatic carbocycles. The molecule has 0 radical (unpaired) electrons. The third-order valence-electron chi connectivity index (χ3n) is 10.5. The van der Waals surface area contributed by atoms with E-state index in [2.05, 4.69) is 205 Å². The Hall–Kier alpha value is -6.00. The standard InChI is InChI=1S/C48H33NSSi/c1-4-16-36(17-5-1)49-45-25-12-10-23-41(45)42-30-28-40(33-46(42)49)51(37-18-6-2-7-19-37,38-20-8-3-9-21-38)39-22-14-15-34(31-39)35-27-29-44-43-24-11-13-26-47(43)50-48(44)32-35/h1-33H. The molecule has 0 fully saturated rings. The predicted octanol–water partition coefficient (Wildman–Crippen LogP) is 10.2. The maximum Gasteiger partial charge on any atom is 0.179 e. The fourth-order valence-electron chi connectivity index (χ4n) is 8.27. The van der Waals surface area contributed by atoms with Crippen LogP contribution in [0.1, 0.15) is 0 Å². The van der Waals surface area contributed by atoms with Gasteiger partial charge in [-0.05, 0) is 68.3 Å². The van der Waals surface area contributed by atoms with Gasteiger partial charge in [0.2, 0.25) is 0 Å². The highest BCUT2D eigenvalue weighted by Gasteiger charge is 2.42. The number of benzene rings is 8. The normalized spacial score (nSPS) is 11.9. The van der Waals surface area contributed by atoms with Crippen LogP contribution in [-0.4, -0.2) is 12.6 Å². The number of para-hydroxylation sites is 2. The SMILES string of the molecule is c1ccc(-n2c3ccccc3c3ccc([Si](c4ccccc4)(c4ccccc4)c4cccc(-c5ccc6c(c5)sc5ccccc56)c4)cc32)cc1. The summed E-state index contributed by atoms with van der Waals surface area (Å²) >= 11 is 1.88. The first-order valence-corrected chi connectivity index (χ1v) is 20.3. The van der Waals surface area contributed by atoms with Gasteiger partial charge in [-0.3, -0.25) is 0 Å². The Labute approximate surface area is 302 Å². The number of hydrogen-bond donors (Lipinski definition) is 0. The minimum absolute atomic E-state index is 1.17. The van der Waals surface area contributed by atoms with Crippen molar-refractivity contribution in [2.45, 2.75) is 0 Å². The van der Waals surface area contributed by atoms with E-state index < -0.39 is 8.07 Å². The minimum Gasteiger partial charge on any atom is -0.309 e. The predicted molar refractivity (Wildman–Crippen MR) is 223 cm³/mol. The van der Waals surface area contributed by atoms with Gasteiger partial charge in [0.05, 0.1) is 11.0 Å². The van der Waals surface area contributed by atoms with E-state index >= 15 is 0 Å². The summed E-state index contributed by atoms with van der Waals surface area (Å²) in [5.74, 6) is 0. The summed E-state index contributed by atoms with van der Waals surface area (Å²) in [7, 11) is -2.85. The van der Waals surface area contributed by atoms with Gasteiger partial charge in [0.1, 0.15) is 0 Å². The second-order valence-corrected chi connectivity index (χ2v) is 18.2. The van der Waals surface area contributed by atoms with E-state index in [9.17, 15) is 0 Å². The molecule has 10 rings (SSSR count). The van der Waals surface area contributed by atoms with Crippen LogP contribution in [0.4, 0.5) is 0 Å². The van der Waals surface area contributed by atoms with E-state index in [0.29, 0.717) is 0 Å². The molecule has 0 aliphatic heterocycles. The fourth-order valence-corrected chi connectivity index (χ4v) is 14.2. The lowest BCUT2D eigenvalue weighted by atomic mass is 10.0. The Morgan fingerprint density at radius 3 is 1.65 bits per heavy atom. The fraction of sp³-hybridized carbons (Fsp3) is 0. The Kier molecular flexibility index (Phi) is 7.09. The van der Waals surface area contributed by atoms with Gasteiger partial charge < -0.3 is 4.57 Å². The summed E-state index contributed by atoms with van der Waals surface area (Å²) in [4.78, 5) is 0. The van der Waals surface area contributed by atoms with E-state index in [1.807, 2.05) is 11.3 Å². The maximum absolute atomic E-state index is 2.85. The zero-order valence-electron chi connectivity index (χ0n) is 27.9. The van der Waals surface area contributed by atoms with Crippen LogP contribution in [0.2, 0.25) is 0 Å². The van der Waals surface area contributed by atoms with Crippen LogP contribution in [0.3, 0.4) is 0 Å². The number of hydrogen-bond acceptors (Lipinski definition) is 1. The molecule has 3 heteroatoms. The molecule has 0 spiro atoms. The highest BCUT2D eigenvalue weighted by atomic mass is 32.1. The molecular formula is C48H33NSSi. The molecular weight excluding hydrogens is 651 g/mol. The summed E-state index contributed by atoms with van der Waals surface area (Å²) in [6, 6.07) is 74.6. The number of aromatic nitrogens is 1.